The van der Waals surface area contributed by atoms with Crippen LogP contribution in [0.2, 0.25) is 0 Å². The second-order valence-electron chi connectivity index (χ2n) is 5.59. The highest BCUT2D eigenvalue weighted by Crippen LogP contribution is 2.15. The monoisotopic (exact) mass is 281 g/mol. The molecule has 0 spiro atoms. The second kappa shape index (κ2) is 6.37. The molecule has 1 amide bonds. The number of carbonyl (C=O) groups excluding carboxylic acids is 1. The third-order valence-corrected chi connectivity index (χ3v) is 3.83. The van der Waals surface area contributed by atoms with Crippen molar-refractivity contribution in [2.24, 2.45) is 0 Å². The molecule has 20 heavy (non-hydrogen) atoms. The average molecular weight is 281 g/mol. The number of nitrogens with zero attached hydrogens (tertiary/aromatic N) is 3. The summed E-state index contributed by atoms with van der Waals surface area (Å²) in [4.78, 5) is 16.0. The van der Waals surface area contributed by atoms with Gasteiger partial charge in [0.15, 0.2) is 0 Å². The van der Waals surface area contributed by atoms with Crippen molar-refractivity contribution in [3.05, 3.63) is 17.0 Å². The number of amides is 1. The molecule has 1 fully saturated rings. The number of carbonyl (C=O) groups is 1. The molecular weight excluding hydrogens is 258 g/mol. The van der Waals surface area contributed by atoms with E-state index in [1.165, 1.54) is 0 Å². The zero-order valence-corrected chi connectivity index (χ0v) is 12.4. The number of piperidine rings is 1. The fourth-order valence-electron chi connectivity index (χ4n) is 2.50. The van der Waals surface area contributed by atoms with Gasteiger partial charge in [-0.3, -0.25) is 9.69 Å². The van der Waals surface area contributed by atoms with Crippen LogP contribution < -0.4 is 0 Å². The lowest BCUT2D eigenvalue weighted by molar-refractivity contribution is -0.134. The Bertz CT molecular complexity index is 445. The van der Waals surface area contributed by atoms with Crippen LogP contribution in [0.4, 0.5) is 0 Å². The maximum Gasteiger partial charge on any atom is 0.236 e. The molecule has 1 aromatic rings. The number of aliphatic hydroxyl groups excluding tert-OH is 1. The molecule has 112 valence electrons. The van der Waals surface area contributed by atoms with Crippen LogP contribution in [0, 0.1) is 13.8 Å². The number of hydrogen-bond acceptors (Lipinski definition) is 5. The van der Waals surface area contributed by atoms with Gasteiger partial charge in [0.2, 0.25) is 5.91 Å². The smallest absolute Gasteiger partial charge is 0.236 e. The van der Waals surface area contributed by atoms with Gasteiger partial charge in [0.05, 0.1) is 18.3 Å². The number of aliphatic hydroxyl groups is 1. The lowest BCUT2D eigenvalue weighted by Crippen LogP contribution is -2.44. The molecule has 0 saturated carbocycles. The lowest BCUT2D eigenvalue weighted by Gasteiger charge is -2.31. The summed E-state index contributed by atoms with van der Waals surface area (Å²) in [5.74, 6) is 0.925. The minimum absolute atomic E-state index is 0.117. The van der Waals surface area contributed by atoms with Gasteiger partial charge in [-0.1, -0.05) is 5.16 Å². The minimum Gasteiger partial charge on any atom is -0.393 e. The Kier molecular flexibility index (Phi) is 4.77. The Morgan fingerprint density at radius 3 is 2.65 bits per heavy atom. The zero-order valence-electron chi connectivity index (χ0n) is 12.4. The molecule has 1 saturated heterocycles. The highest BCUT2D eigenvalue weighted by Gasteiger charge is 2.22. The van der Waals surface area contributed by atoms with E-state index in [1.54, 1.807) is 0 Å². The van der Waals surface area contributed by atoms with E-state index < -0.39 is 0 Å². The first-order valence-electron chi connectivity index (χ1n) is 7.03. The van der Waals surface area contributed by atoms with Crippen molar-refractivity contribution >= 4 is 5.91 Å². The fraction of sp³-hybridized carbons (Fsp3) is 0.714. The van der Waals surface area contributed by atoms with Gasteiger partial charge in [-0.2, -0.15) is 0 Å². The largest absolute Gasteiger partial charge is 0.393 e. The molecule has 1 aromatic heterocycles. The minimum atomic E-state index is -0.251. The predicted octanol–water partition coefficient (Wildman–Crippen LogP) is 0.707. The number of likely N-dealkylation sites (N-methyl/N-ethyl adjacent to an activating group) is 1. The molecule has 0 bridgehead atoms. The lowest BCUT2D eigenvalue weighted by atomic mass is 10.1. The highest BCUT2D eigenvalue weighted by atomic mass is 16.5. The Morgan fingerprint density at radius 2 is 2.10 bits per heavy atom. The summed E-state index contributed by atoms with van der Waals surface area (Å²) in [6.45, 7) is 6.13. The molecule has 0 atom stereocenters. The molecule has 0 radical (unpaired) electrons. The second-order valence-corrected chi connectivity index (χ2v) is 5.59. The maximum atomic E-state index is 12.2. The van der Waals surface area contributed by atoms with Gasteiger partial charge in [-0.05, 0) is 33.7 Å². The molecule has 2 heterocycles. The van der Waals surface area contributed by atoms with Crippen molar-refractivity contribution in [2.45, 2.75) is 39.3 Å². The molecule has 6 nitrogen and oxygen atoms in total. The van der Waals surface area contributed by atoms with Gasteiger partial charge in [0.25, 0.3) is 0 Å². The van der Waals surface area contributed by atoms with Crippen LogP contribution in [-0.4, -0.2) is 58.8 Å². The van der Waals surface area contributed by atoms with Crippen molar-refractivity contribution in [3.63, 3.8) is 0 Å². The molecule has 1 aliphatic rings. The van der Waals surface area contributed by atoms with Gasteiger partial charge < -0.3 is 14.5 Å². The number of hydrogen-bond donors (Lipinski definition) is 1. The summed E-state index contributed by atoms with van der Waals surface area (Å²) in [6, 6.07) is 0. The first-order valence-corrected chi connectivity index (χ1v) is 7.03. The topological polar surface area (TPSA) is 69.8 Å². The fourth-order valence-corrected chi connectivity index (χ4v) is 2.50. The highest BCUT2D eigenvalue weighted by molar-refractivity contribution is 5.78. The predicted molar refractivity (Wildman–Crippen MR) is 74.1 cm³/mol. The van der Waals surface area contributed by atoms with Crippen molar-refractivity contribution in [1.82, 2.24) is 15.0 Å². The SMILES string of the molecule is Cc1noc(C)c1CN(C)CC(=O)N1CCC(O)CC1. The van der Waals surface area contributed by atoms with Crippen LogP contribution in [-0.2, 0) is 11.3 Å². The van der Waals surface area contributed by atoms with E-state index in [4.69, 9.17) is 4.52 Å². The van der Waals surface area contributed by atoms with Crippen LogP contribution in [0.3, 0.4) is 0 Å². The Balaban J connectivity index is 1.85. The molecule has 1 N–H and O–H groups in total. The van der Waals surface area contributed by atoms with E-state index in [0.717, 1.165) is 17.0 Å². The summed E-state index contributed by atoms with van der Waals surface area (Å²) >= 11 is 0. The number of aromatic nitrogens is 1. The van der Waals surface area contributed by atoms with E-state index >= 15 is 0 Å². The maximum absolute atomic E-state index is 12.2. The summed E-state index contributed by atoms with van der Waals surface area (Å²) in [7, 11) is 1.92. The van der Waals surface area contributed by atoms with Crippen molar-refractivity contribution in [3.8, 4) is 0 Å². The average Bonchev–Trinajstić information content (AvgIpc) is 2.71. The standard InChI is InChI=1S/C14H23N3O3/c1-10-13(11(2)20-15-10)8-16(3)9-14(19)17-6-4-12(18)5-7-17/h12,18H,4-9H2,1-3H3. The van der Waals surface area contributed by atoms with Gasteiger partial charge in [0, 0.05) is 25.2 Å². The van der Waals surface area contributed by atoms with E-state index in [-0.39, 0.29) is 12.0 Å². The van der Waals surface area contributed by atoms with Crippen molar-refractivity contribution in [2.75, 3.05) is 26.7 Å². The molecule has 6 heteroatoms. The van der Waals surface area contributed by atoms with Gasteiger partial charge >= 0.3 is 0 Å². The van der Waals surface area contributed by atoms with E-state index in [2.05, 4.69) is 5.16 Å². The Labute approximate surface area is 119 Å². The third kappa shape index (κ3) is 3.58. The van der Waals surface area contributed by atoms with Crippen LogP contribution in [0.15, 0.2) is 4.52 Å². The van der Waals surface area contributed by atoms with Gasteiger partial charge in [-0.25, -0.2) is 0 Å². The van der Waals surface area contributed by atoms with Crippen molar-refractivity contribution in [1.29, 1.82) is 0 Å². The molecule has 1 aliphatic heterocycles. The normalized spacial score (nSPS) is 16.9. The van der Waals surface area contributed by atoms with Crippen LogP contribution in [0.5, 0.6) is 0 Å². The Morgan fingerprint density at radius 1 is 1.45 bits per heavy atom. The summed E-state index contributed by atoms with van der Waals surface area (Å²) in [5, 5.41) is 13.4. The summed E-state index contributed by atoms with van der Waals surface area (Å²) < 4.78 is 5.13. The van der Waals surface area contributed by atoms with Crippen molar-refractivity contribution < 1.29 is 14.4 Å². The van der Waals surface area contributed by atoms with E-state index in [9.17, 15) is 9.90 Å². The molecule has 0 aliphatic carbocycles. The van der Waals surface area contributed by atoms with Crippen LogP contribution >= 0.6 is 0 Å². The summed E-state index contributed by atoms with van der Waals surface area (Å²) in [6.07, 6.45) is 1.11. The first kappa shape index (κ1) is 15.0. The third-order valence-electron chi connectivity index (χ3n) is 3.83. The molecule has 0 aromatic carbocycles. The molecular formula is C14H23N3O3. The quantitative estimate of drug-likeness (QED) is 0.880. The van der Waals surface area contributed by atoms with Gasteiger partial charge in [0.1, 0.15) is 5.76 Å². The molecule has 0 unspecified atom stereocenters. The van der Waals surface area contributed by atoms with E-state index in [1.807, 2.05) is 30.7 Å². The first-order chi connectivity index (χ1) is 9.47. The molecule has 2 rings (SSSR count). The van der Waals surface area contributed by atoms with Crippen LogP contribution in [0.1, 0.15) is 29.9 Å². The number of aryl methyl sites for hydroxylation is 2. The van der Waals surface area contributed by atoms with E-state index in [0.29, 0.717) is 39.0 Å². The van der Waals surface area contributed by atoms with Gasteiger partial charge in [-0.15, -0.1) is 0 Å². The number of rotatable bonds is 4. The Hall–Kier alpha value is -1.40. The summed E-state index contributed by atoms with van der Waals surface area (Å²) in [5.41, 5.74) is 1.93. The van der Waals surface area contributed by atoms with Crippen LogP contribution in [0.25, 0.3) is 0 Å². The zero-order chi connectivity index (χ0) is 14.7. The number of likely N-dealkylation sites (tertiary alicyclic amines) is 1.